The van der Waals surface area contributed by atoms with Crippen LogP contribution in [0.1, 0.15) is 33.3 Å². The maximum Gasteiger partial charge on any atom is 0.491 e. The predicted octanol–water partition coefficient (Wildman–Crippen LogP) is 2.64. The van der Waals surface area contributed by atoms with Crippen LogP contribution in [0.3, 0.4) is 0 Å². The Hall–Kier alpha value is -1.50. The molecule has 0 aliphatic carbocycles. The third kappa shape index (κ3) is 3.71. The summed E-state index contributed by atoms with van der Waals surface area (Å²) in [5, 5.41) is 13.1. The van der Waals surface area contributed by atoms with Gasteiger partial charge in [0.1, 0.15) is 0 Å². The number of nitrogens with one attached hydrogen (secondary N) is 1. The normalized spacial score (nSPS) is 19.9. The van der Waals surface area contributed by atoms with Crippen LogP contribution in [-0.4, -0.2) is 44.1 Å². The summed E-state index contributed by atoms with van der Waals surface area (Å²) in [4.78, 5) is 0. The first-order valence-corrected chi connectivity index (χ1v) is 7.78. The van der Waals surface area contributed by atoms with E-state index in [0.717, 1.165) is 11.0 Å². The SMILES string of the molecule is CNCC(=Cc1ccc(OC)c(O)c1)B1OC(C)(C)C(C)(C)O1. The molecule has 0 unspecified atom stereocenters. The van der Waals surface area contributed by atoms with Crippen molar-refractivity contribution in [3.63, 3.8) is 0 Å². The van der Waals surface area contributed by atoms with E-state index in [1.165, 1.54) is 7.11 Å². The monoisotopic (exact) mass is 319 g/mol. The van der Waals surface area contributed by atoms with Crippen molar-refractivity contribution in [3.8, 4) is 11.5 Å². The molecule has 1 aliphatic heterocycles. The summed E-state index contributed by atoms with van der Waals surface area (Å²) in [7, 11) is 2.99. The van der Waals surface area contributed by atoms with E-state index in [2.05, 4.69) is 5.32 Å². The molecule has 2 N–H and O–H groups in total. The van der Waals surface area contributed by atoms with E-state index in [9.17, 15) is 5.11 Å². The van der Waals surface area contributed by atoms with Crippen LogP contribution >= 0.6 is 0 Å². The van der Waals surface area contributed by atoms with Crippen LogP contribution in [0.25, 0.3) is 6.08 Å². The van der Waals surface area contributed by atoms with Gasteiger partial charge in [-0.1, -0.05) is 12.1 Å². The van der Waals surface area contributed by atoms with Crippen LogP contribution < -0.4 is 10.1 Å². The first-order chi connectivity index (χ1) is 10.7. The largest absolute Gasteiger partial charge is 0.504 e. The fourth-order valence-electron chi connectivity index (χ4n) is 2.41. The van der Waals surface area contributed by atoms with E-state index in [0.29, 0.717) is 12.3 Å². The summed E-state index contributed by atoms with van der Waals surface area (Å²) in [6.07, 6.45) is 1.97. The number of benzene rings is 1. The Bertz CT molecular complexity index is 582. The molecule has 0 saturated carbocycles. The van der Waals surface area contributed by atoms with Crippen molar-refractivity contribution >= 4 is 13.2 Å². The number of methoxy groups -OCH3 is 1. The highest BCUT2D eigenvalue weighted by Gasteiger charge is 2.52. The van der Waals surface area contributed by atoms with Crippen molar-refractivity contribution in [1.82, 2.24) is 5.32 Å². The van der Waals surface area contributed by atoms with Crippen LogP contribution in [0.15, 0.2) is 23.7 Å². The highest BCUT2D eigenvalue weighted by atomic mass is 16.7. The smallest absolute Gasteiger partial charge is 0.491 e. The Morgan fingerprint density at radius 1 is 1.26 bits per heavy atom. The number of likely N-dealkylation sites (N-methyl/N-ethyl adjacent to an activating group) is 1. The zero-order valence-electron chi connectivity index (χ0n) is 14.8. The van der Waals surface area contributed by atoms with E-state index in [4.69, 9.17) is 14.0 Å². The summed E-state index contributed by atoms with van der Waals surface area (Å²) in [5.41, 5.74) is 1.07. The number of aromatic hydroxyl groups is 1. The molecular formula is C17H26BNO4. The number of phenols is 1. The molecule has 0 spiro atoms. The van der Waals surface area contributed by atoms with Crippen LogP contribution in [0.5, 0.6) is 11.5 Å². The van der Waals surface area contributed by atoms with E-state index in [1.54, 1.807) is 12.1 Å². The number of phenolic OH excluding ortho intramolecular Hbond substituents is 1. The summed E-state index contributed by atoms with van der Waals surface area (Å²) in [5.74, 6) is 0.562. The van der Waals surface area contributed by atoms with Gasteiger partial charge in [-0.05, 0) is 57.9 Å². The maximum atomic E-state index is 9.93. The third-order valence-corrected chi connectivity index (χ3v) is 4.49. The number of ether oxygens (including phenoxy) is 1. The van der Waals surface area contributed by atoms with Gasteiger partial charge in [-0.25, -0.2) is 0 Å². The van der Waals surface area contributed by atoms with Crippen LogP contribution in [0.4, 0.5) is 0 Å². The highest BCUT2D eigenvalue weighted by molar-refractivity contribution is 6.55. The lowest BCUT2D eigenvalue weighted by Crippen LogP contribution is -2.41. The molecule has 6 heteroatoms. The van der Waals surface area contributed by atoms with Gasteiger partial charge < -0.3 is 24.5 Å². The van der Waals surface area contributed by atoms with Gasteiger partial charge in [0.2, 0.25) is 0 Å². The van der Waals surface area contributed by atoms with Crippen LogP contribution in [-0.2, 0) is 9.31 Å². The first kappa shape index (κ1) is 17.9. The Morgan fingerprint density at radius 2 is 1.87 bits per heavy atom. The number of hydrogen-bond donors (Lipinski definition) is 2. The van der Waals surface area contributed by atoms with Crippen molar-refractivity contribution in [3.05, 3.63) is 29.2 Å². The van der Waals surface area contributed by atoms with Crippen molar-refractivity contribution in [2.75, 3.05) is 20.7 Å². The van der Waals surface area contributed by atoms with Crippen molar-refractivity contribution in [1.29, 1.82) is 0 Å². The van der Waals surface area contributed by atoms with Crippen LogP contribution in [0, 0.1) is 0 Å². The van der Waals surface area contributed by atoms with Crippen molar-refractivity contribution in [2.45, 2.75) is 38.9 Å². The van der Waals surface area contributed by atoms with Gasteiger partial charge in [0.25, 0.3) is 0 Å². The molecule has 1 heterocycles. The Morgan fingerprint density at radius 3 is 2.35 bits per heavy atom. The molecule has 0 radical (unpaired) electrons. The zero-order valence-corrected chi connectivity index (χ0v) is 14.8. The van der Waals surface area contributed by atoms with Gasteiger partial charge in [0, 0.05) is 6.54 Å². The first-order valence-electron chi connectivity index (χ1n) is 7.78. The van der Waals surface area contributed by atoms with Crippen molar-refractivity contribution in [2.24, 2.45) is 0 Å². The number of rotatable bonds is 5. The lowest BCUT2D eigenvalue weighted by molar-refractivity contribution is 0.00578. The summed E-state index contributed by atoms with van der Waals surface area (Å²) < 4.78 is 17.3. The molecule has 2 rings (SSSR count). The standard InChI is InChI=1S/C17H26BNO4/c1-16(2)17(3,4)23-18(22-16)13(11-19-5)9-12-7-8-15(21-6)14(20)10-12/h7-10,19-20H,11H2,1-6H3. The van der Waals surface area contributed by atoms with Crippen molar-refractivity contribution < 1.29 is 19.2 Å². The zero-order chi connectivity index (χ0) is 17.3. The molecule has 23 heavy (non-hydrogen) atoms. The molecule has 1 aliphatic rings. The molecule has 126 valence electrons. The molecule has 1 aromatic rings. The fraction of sp³-hybridized carbons (Fsp3) is 0.529. The van der Waals surface area contributed by atoms with Gasteiger partial charge in [-0.15, -0.1) is 0 Å². The van der Waals surface area contributed by atoms with E-state index >= 15 is 0 Å². The lowest BCUT2D eigenvalue weighted by atomic mass is 9.77. The predicted molar refractivity (Wildman–Crippen MR) is 92.6 cm³/mol. The van der Waals surface area contributed by atoms with Gasteiger partial charge in [-0.2, -0.15) is 0 Å². The fourth-order valence-corrected chi connectivity index (χ4v) is 2.41. The van der Waals surface area contributed by atoms with Gasteiger partial charge in [0.15, 0.2) is 11.5 Å². The summed E-state index contributed by atoms with van der Waals surface area (Å²) >= 11 is 0. The molecule has 1 saturated heterocycles. The van der Waals surface area contributed by atoms with Gasteiger partial charge >= 0.3 is 7.12 Å². The minimum absolute atomic E-state index is 0.110. The average Bonchev–Trinajstić information content (AvgIpc) is 2.67. The second-order valence-corrected chi connectivity index (χ2v) is 6.77. The van der Waals surface area contributed by atoms with Gasteiger partial charge in [0.05, 0.1) is 18.3 Å². The van der Waals surface area contributed by atoms with E-state index in [-0.39, 0.29) is 17.0 Å². The minimum atomic E-state index is -0.420. The maximum absolute atomic E-state index is 9.93. The molecule has 0 bridgehead atoms. The summed E-state index contributed by atoms with van der Waals surface area (Å²) in [6.45, 7) is 8.75. The number of hydrogen-bond acceptors (Lipinski definition) is 5. The molecular weight excluding hydrogens is 293 g/mol. The Labute approximate surface area is 138 Å². The van der Waals surface area contributed by atoms with Gasteiger partial charge in [-0.3, -0.25) is 0 Å². The third-order valence-electron chi connectivity index (χ3n) is 4.49. The Kier molecular flexibility index (Phi) is 5.09. The molecule has 0 atom stereocenters. The summed E-state index contributed by atoms with van der Waals surface area (Å²) in [6, 6.07) is 5.29. The molecule has 0 amide bonds. The minimum Gasteiger partial charge on any atom is -0.504 e. The average molecular weight is 319 g/mol. The molecule has 1 fully saturated rings. The lowest BCUT2D eigenvalue weighted by Gasteiger charge is -2.32. The quantitative estimate of drug-likeness (QED) is 0.817. The Balaban J connectivity index is 2.30. The molecule has 5 nitrogen and oxygen atoms in total. The second kappa shape index (κ2) is 6.55. The second-order valence-electron chi connectivity index (χ2n) is 6.77. The van der Waals surface area contributed by atoms with E-state index in [1.807, 2.05) is 46.9 Å². The molecule has 1 aromatic carbocycles. The molecule has 0 aromatic heterocycles. The highest BCUT2D eigenvalue weighted by Crippen LogP contribution is 2.39. The van der Waals surface area contributed by atoms with Crippen LogP contribution in [0.2, 0.25) is 0 Å². The van der Waals surface area contributed by atoms with E-state index < -0.39 is 7.12 Å². The topological polar surface area (TPSA) is 60.0 Å².